The van der Waals surface area contributed by atoms with Gasteiger partial charge in [0, 0.05) is 12.1 Å². The molecule has 0 bridgehead atoms. The highest BCUT2D eigenvalue weighted by atomic mass is 14.9. The third-order valence-electron chi connectivity index (χ3n) is 2.83. The molecule has 1 unspecified atom stereocenters. The van der Waals surface area contributed by atoms with Crippen molar-refractivity contribution in [3.05, 3.63) is 65.7 Å². The Morgan fingerprint density at radius 1 is 1.06 bits per heavy atom. The molecule has 0 spiro atoms. The Morgan fingerprint density at radius 2 is 1.72 bits per heavy atom. The van der Waals surface area contributed by atoms with Crippen LogP contribution in [0.15, 0.2) is 54.6 Å². The van der Waals surface area contributed by atoms with E-state index in [1.54, 1.807) is 0 Å². The van der Waals surface area contributed by atoms with Crippen LogP contribution in [0.4, 0.5) is 5.69 Å². The van der Waals surface area contributed by atoms with E-state index < -0.39 is 0 Å². The summed E-state index contributed by atoms with van der Waals surface area (Å²) in [7, 11) is 0. The maximum absolute atomic E-state index is 9.19. The van der Waals surface area contributed by atoms with E-state index in [1.165, 1.54) is 11.1 Å². The molecule has 0 amide bonds. The third-order valence-corrected chi connectivity index (χ3v) is 2.83. The van der Waals surface area contributed by atoms with Gasteiger partial charge in [-0.05, 0) is 24.6 Å². The van der Waals surface area contributed by atoms with Crippen LogP contribution in [0.2, 0.25) is 0 Å². The quantitative estimate of drug-likeness (QED) is 0.881. The molecule has 18 heavy (non-hydrogen) atoms. The molecule has 1 N–H and O–H groups in total. The zero-order chi connectivity index (χ0) is 12.8. The zero-order valence-corrected chi connectivity index (χ0v) is 10.4. The highest BCUT2D eigenvalue weighted by molar-refractivity contribution is 5.46. The standard InChI is InChI=1S/C16H16N2/c1-13-7-9-15(10-8-13)18-16(12-17)11-14-5-3-2-4-6-14/h2-10,16,18H,11H2,1H3. The van der Waals surface area contributed by atoms with Crippen LogP contribution in [0.1, 0.15) is 11.1 Å². The maximum atomic E-state index is 9.19. The van der Waals surface area contributed by atoms with E-state index in [4.69, 9.17) is 0 Å². The molecule has 0 saturated heterocycles. The molecule has 0 aromatic heterocycles. The molecule has 0 aliphatic heterocycles. The molecular weight excluding hydrogens is 220 g/mol. The average molecular weight is 236 g/mol. The molecule has 2 aromatic rings. The van der Waals surface area contributed by atoms with E-state index in [-0.39, 0.29) is 6.04 Å². The number of nitrogens with zero attached hydrogens (tertiary/aromatic N) is 1. The second-order valence-electron chi connectivity index (χ2n) is 4.38. The molecule has 0 fully saturated rings. The lowest BCUT2D eigenvalue weighted by atomic mass is 10.1. The monoisotopic (exact) mass is 236 g/mol. The minimum Gasteiger partial charge on any atom is -0.370 e. The van der Waals surface area contributed by atoms with Gasteiger partial charge in [0.25, 0.3) is 0 Å². The van der Waals surface area contributed by atoms with Gasteiger partial charge in [0.1, 0.15) is 6.04 Å². The summed E-state index contributed by atoms with van der Waals surface area (Å²) in [5.74, 6) is 0. The molecule has 0 radical (unpaired) electrons. The van der Waals surface area contributed by atoms with E-state index in [1.807, 2.05) is 54.6 Å². The summed E-state index contributed by atoms with van der Waals surface area (Å²) in [5, 5.41) is 12.4. The molecule has 0 heterocycles. The van der Waals surface area contributed by atoms with Crippen LogP contribution in [-0.2, 0) is 6.42 Å². The van der Waals surface area contributed by atoms with Gasteiger partial charge in [0.05, 0.1) is 6.07 Å². The predicted octanol–water partition coefficient (Wildman–Crippen LogP) is 3.54. The number of nitriles is 1. The number of hydrogen-bond acceptors (Lipinski definition) is 2. The Hall–Kier alpha value is -2.27. The van der Waals surface area contributed by atoms with Crippen LogP contribution >= 0.6 is 0 Å². The highest BCUT2D eigenvalue weighted by Gasteiger charge is 2.07. The number of anilines is 1. The molecule has 2 heteroatoms. The lowest BCUT2D eigenvalue weighted by molar-refractivity contribution is 0.876. The molecule has 1 atom stereocenters. The number of nitrogens with one attached hydrogen (secondary N) is 1. The first kappa shape index (κ1) is 12.2. The average Bonchev–Trinajstić information content (AvgIpc) is 2.41. The lowest BCUT2D eigenvalue weighted by Crippen LogP contribution is -2.19. The Labute approximate surface area is 108 Å². The summed E-state index contributed by atoms with van der Waals surface area (Å²) >= 11 is 0. The highest BCUT2D eigenvalue weighted by Crippen LogP contribution is 2.12. The second-order valence-corrected chi connectivity index (χ2v) is 4.38. The van der Waals surface area contributed by atoms with Crippen molar-refractivity contribution in [1.29, 1.82) is 5.26 Å². The zero-order valence-electron chi connectivity index (χ0n) is 10.4. The van der Waals surface area contributed by atoms with Crippen molar-refractivity contribution in [2.24, 2.45) is 0 Å². The van der Waals surface area contributed by atoms with E-state index in [2.05, 4.69) is 18.3 Å². The first-order valence-corrected chi connectivity index (χ1v) is 6.04. The molecule has 2 rings (SSSR count). The minimum atomic E-state index is -0.199. The van der Waals surface area contributed by atoms with E-state index in [0.29, 0.717) is 6.42 Å². The van der Waals surface area contributed by atoms with Crippen molar-refractivity contribution in [1.82, 2.24) is 0 Å². The van der Waals surface area contributed by atoms with Crippen molar-refractivity contribution < 1.29 is 0 Å². The Morgan fingerprint density at radius 3 is 2.33 bits per heavy atom. The number of aryl methyl sites for hydroxylation is 1. The SMILES string of the molecule is Cc1ccc(NC(C#N)Cc2ccccc2)cc1. The summed E-state index contributed by atoms with van der Waals surface area (Å²) in [6, 6.07) is 20.3. The maximum Gasteiger partial charge on any atom is 0.118 e. The van der Waals surface area contributed by atoms with E-state index in [9.17, 15) is 5.26 Å². The van der Waals surface area contributed by atoms with Gasteiger partial charge in [-0.1, -0.05) is 48.0 Å². The van der Waals surface area contributed by atoms with Gasteiger partial charge in [-0.25, -0.2) is 0 Å². The fourth-order valence-corrected chi connectivity index (χ4v) is 1.83. The summed E-state index contributed by atoms with van der Waals surface area (Å²) in [6.45, 7) is 2.05. The largest absolute Gasteiger partial charge is 0.370 e. The molecule has 0 aliphatic carbocycles. The van der Waals surface area contributed by atoms with Crippen molar-refractivity contribution in [3.63, 3.8) is 0 Å². The van der Waals surface area contributed by atoms with Crippen molar-refractivity contribution >= 4 is 5.69 Å². The molecule has 2 nitrogen and oxygen atoms in total. The molecular formula is C16H16N2. The van der Waals surface area contributed by atoms with E-state index >= 15 is 0 Å². The van der Waals surface area contributed by atoms with Gasteiger partial charge < -0.3 is 5.32 Å². The Balaban J connectivity index is 2.02. The molecule has 90 valence electrons. The normalized spacial score (nSPS) is 11.6. The minimum absolute atomic E-state index is 0.199. The number of benzene rings is 2. The van der Waals surface area contributed by atoms with Gasteiger partial charge >= 0.3 is 0 Å². The lowest BCUT2D eigenvalue weighted by Gasteiger charge is -2.13. The van der Waals surface area contributed by atoms with Crippen molar-refractivity contribution in [3.8, 4) is 6.07 Å². The predicted molar refractivity (Wildman–Crippen MR) is 74.3 cm³/mol. The van der Waals surface area contributed by atoms with Gasteiger partial charge in [0.15, 0.2) is 0 Å². The van der Waals surface area contributed by atoms with Gasteiger partial charge in [-0.3, -0.25) is 0 Å². The molecule has 2 aromatic carbocycles. The van der Waals surface area contributed by atoms with Crippen LogP contribution in [0.25, 0.3) is 0 Å². The fourth-order valence-electron chi connectivity index (χ4n) is 1.83. The number of rotatable bonds is 4. The van der Waals surface area contributed by atoms with Crippen LogP contribution in [0.5, 0.6) is 0 Å². The third kappa shape index (κ3) is 3.36. The summed E-state index contributed by atoms with van der Waals surface area (Å²) in [4.78, 5) is 0. The van der Waals surface area contributed by atoms with Gasteiger partial charge in [-0.2, -0.15) is 5.26 Å². The van der Waals surface area contributed by atoms with E-state index in [0.717, 1.165) is 5.69 Å². The Kier molecular flexibility index (Phi) is 3.98. The summed E-state index contributed by atoms with van der Waals surface area (Å²) in [6.07, 6.45) is 0.714. The molecule has 0 aliphatic rings. The first-order valence-electron chi connectivity index (χ1n) is 6.04. The fraction of sp³-hybridized carbons (Fsp3) is 0.188. The number of hydrogen-bond donors (Lipinski definition) is 1. The van der Waals surface area contributed by atoms with Gasteiger partial charge in [-0.15, -0.1) is 0 Å². The topological polar surface area (TPSA) is 35.8 Å². The van der Waals surface area contributed by atoms with Crippen LogP contribution in [0.3, 0.4) is 0 Å². The van der Waals surface area contributed by atoms with Crippen LogP contribution in [-0.4, -0.2) is 6.04 Å². The van der Waals surface area contributed by atoms with Crippen molar-refractivity contribution in [2.75, 3.05) is 5.32 Å². The van der Waals surface area contributed by atoms with Gasteiger partial charge in [0.2, 0.25) is 0 Å². The van der Waals surface area contributed by atoms with Crippen LogP contribution in [0, 0.1) is 18.3 Å². The summed E-state index contributed by atoms with van der Waals surface area (Å²) < 4.78 is 0. The van der Waals surface area contributed by atoms with Crippen molar-refractivity contribution in [2.45, 2.75) is 19.4 Å². The van der Waals surface area contributed by atoms with Crippen LogP contribution < -0.4 is 5.32 Å². The smallest absolute Gasteiger partial charge is 0.118 e. The summed E-state index contributed by atoms with van der Waals surface area (Å²) in [5.41, 5.74) is 3.38. The second kappa shape index (κ2) is 5.88. The molecule has 0 saturated carbocycles. The Bertz CT molecular complexity index is 523. The first-order chi connectivity index (χ1) is 8.78.